The van der Waals surface area contributed by atoms with E-state index in [1.54, 1.807) is 6.07 Å². The van der Waals surface area contributed by atoms with Crippen LogP contribution < -0.4 is 9.62 Å². The lowest BCUT2D eigenvalue weighted by atomic mass is 10.1. The van der Waals surface area contributed by atoms with Crippen molar-refractivity contribution in [2.24, 2.45) is 0 Å². The van der Waals surface area contributed by atoms with E-state index in [9.17, 15) is 17.6 Å². The number of carbonyl (C=O) groups is 1. The molecule has 0 atom stereocenters. The van der Waals surface area contributed by atoms with Gasteiger partial charge in [-0.15, -0.1) is 0 Å². The normalized spacial score (nSPS) is 11.2. The molecular formula is C23H23FN2O3S. The molecule has 0 aliphatic heterocycles. The highest BCUT2D eigenvalue weighted by molar-refractivity contribution is 7.92. The van der Waals surface area contributed by atoms with E-state index in [1.807, 2.05) is 32.0 Å². The van der Waals surface area contributed by atoms with Crippen molar-refractivity contribution in [1.82, 2.24) is 0 Å². The molecule has 3 aromatic carbocycles. The van der Waals surface area contributed by atoms with Gasteiger partial charge in [0, 0.05) is 18.3 Å². The molecule has 7 heteroatoms. The van der Waals surface area contributed by atoms with Gasteiger partial charge in [0.05, 0.1) is 10.6 Å². The lowest BCUT2D eigenvalue weighted by molar-refractivity contribution is 0.102. The summed E-state index contributed by atoms with van der Waals surface area (Å²) in [6.07, 6.45) is 0.758. The van der Waals surface area contributed by atoms with Gasteiger partial charge in [0.1, 0.15) is 5.82 Å². The molecule has 1 amide bonds. The summed E-state index contributed by atoms with van der Waals surface area (Å²) in [5, 5.41) is 2.90. The molecule has 0 unspecified atom stereocenters. The molecule has 30 heavy (non-hydrogen) atoms. The number of anilines is 2. The van der Waals surface area contributed by atoms with E-state index in [4.69, 9.17) is 0 Å². The number of para-hydroxylation sites is 1. The number of nitrogens with zero attached hydrogens (tertiary/aromatic N) is 1. The molecule has 156 valence electrons. The van der Waals surface area contributed by atoms with E-state index >= 15 is 0 Å². The Bertz CT molecular complexity index is 1180. The number of hydrogen-bond donors (Lipinski definition) is 1. The van der Waals surface area contributed by atoms with E-state index in [0.717, 1.165) is 27.5 Å². The van der Waals surface area contributed by atoms with Gasteiger partial charge in [0.15, 0.2) is 0 Å². The Morgan fingerprint density at radius 3 is 2.37 bits per heavy atom. The molecular weight excluding hydrogens is 403 g/mol. The molecule has 0 aliphatic carbocycles. The third-order valence-corrected chi connectivity index (χ3v) is 6.70. The van der Waals surface area contributed by atoms with Crippen molar-refractivity contribution < 1.29 is 17.6 Å². The zero-order valence-electron chi connectivity index (χ0n) is 17.0. The van der Waals surface area contributed by atoms with Gasteiger partial charge in [-0.3, -0.25) is 9.10 Å². The number of benzene rings is 3. The second kappa shape index (κ2) is 8.67. The van der Waals surface area contributed by atoms with Crippen molar-refractivity contribution in [3.05, 3.63) is 89.2 Å². The first-order valence-electron chi connectivity index (χ1n) is 9.48. The van der Waals surface area contributed by atoms with Crippen LogP contribution in [0.5, 0.6) is 0 Å². The average molecular weight is 427 g/mol. The van der Waals surface area contributed by atoms with Crippen molar-refractivity contribution in [1.29, 1.82) is 0 Å². The molecule has 0 aromatic heterocycles. The topological polar surface area (TPSA) is 66.5 Å². The predicted octanol–water partition coefficient (Wildman–Crippen LogP) is 4.77. The van der Waals surface area contributed by atoms with Crippen LogP contribution in [0.3, 0.4) is 0 Å². The zero-order chi connectivity index (χ0) is 21.9. The van der Waals surface area contributed by atoms with Gasteiger partial charge in [-0.1, -0.05) is 31.2 Å². The molecule has 3 rings (SSSR count). The zero-order valence-corrected chi connectivity index (χ0v) is 17.8. The van der Waals surface area contributed by atoms with E-state index in [-0.39, 0.29) is 16.4 Å². The lowest BCUT2D eigenvalue weighted by Crippen LogP contribution is -2.27. The smallest absolute Gasteiger partial charge is 0.264 e. The standard InChI is InChI=1S/C23H23FN2O3S/c1-4-17-8-5-7-16(2)22(17)25-23(27)18-9-6-10-21(15-18)30(28,29)26(3)20-13-11-19(24)12-14-20/h5-15H,4H2,1-3H3,(H,25,27). The number of carbonyl (C=O) groups excluding carboxylic acids is 1. The number of amides is 1. The van der Waals surface area contributed by atoms with Crippen LogP contribution in [-0.4, -0.2) is 21.4 Å². The Labute approximate surface area is 176 Å². The predicted molar refractivity (Wildman–Crippen MR) is 117 cm³/mol. The van der Waals surface area contributed by atoms with Crippen molar-refractivity contribution in [2.45, 2.75) is 25.2 Å². The van der Waals surface area contributed by atoms with Crippen LogP contribution in [0.1, 0.15) is 28.4 Å². The molecule has 5 nitrogen and oxygen atoms in total. The first-order chi connectivity index (χ1) is 14.2. The fraction of sp³-hybridized carbons (Fsp3) is 0.174. The van der Waals surface area contributed by atoms with Gasteiger partial charge in [-0.25, -0.2) is 12.8 Å². The van der Waals surface area contributed by atoms with Gasteiger partial charge in [0.2, 0.25) is 0 Å². The molecule has 0 fully saturated rings. The SMILES string of the molecule is CCc1cccc(C)c1NC(=O)c1cccc(S(=O)(=O)N(C)c2ccc(F)cc2)c1. The van der Waals surface area contributed by atoms with Crippen molar-refractivity contribution >= 4 is 27.3 Å². The number of aryl methyl sites for hydroxylation is 2. The maximum atomic E-state index is 13.2. The largest absolute Gasteiger partial charge is 0.321 e. The molecule has 0 spiro atoms. The molecule has 0 saturated carbocycles. The van der Waals surface area contributed by atoms with Crippen LogP contribution in [0.4, 0.5) is 15.8 Å². The van der Waals surface area contributed by atoms with Crippen LogP contribution in [0.15, 0.2) is 71.6 Å². The highest BCUT2D eigenvalue weighted by atomic mass is 32.2. The second-order valence-corrected chi connectivity index (χ2v) is 8.86. The minimum atomic E-state index is -3.92. The van der Waals surface area contributed by atoms with Gasteiger partial charge in [-0.05, 0) is 66.9 Å². The second-order valence-electron chi connectivity index (χ2n) is 6.89. The highest BCUT2D eigenvalue weighted by Crippen LogP contribution is 2.25. The monoisotopic (exact) mass is 426 g/mol. The Morgan fingerprint density at radius 1 is 1.03 bits per heavy atom. The molecule has 0 radical (unpaired) electrons. The van der Waals surface area contributed by atoms with Crippen LogP contribution in [-0.2, 0) is 16.4 Å². The number of hydrogen-bond acceptors (Lipinski definition) is 3. The number of halogens is 1. The summed E-state index contributed by atoms with van der Waals surface area (Å²) in [5.74, 6) is -0.841. The summed E-state index contributed by atoms with van der Waals surface area (Å²) >= 11 is 0. The first kappa shape index (κ1) is 21.5. The van der Waals surface area contributed by atoms with E-state index < -0.39 is 15.8 Å². The third-order valence-electron chi connectivity index (χ3n) is 4.92. The number of nitrogens with one attached hydrogen (secondary N) is 1. The van der Waals surface area contributed by atoms with E-state index in [2.05, 4.69) is 5.32 Å². The van der Waals surface area contributed by atoms with Crippen LogP contribution in [0.2, 0.25) is 0 Å². The van der Waals surface area contributed by atoms with Gasteiger partial charge in [-0.2, -0.15) is 0 Å². The maximum Gasteiger partial charge on any atom is 0.264 e. The van der Waals surface area contributed by atoms with Crippen molar-refractivity contribution in [3.8, 4) is 0 Å². The minimum Gasteiger partial charge on any atom is -0.321 e. The highest BCUT2D eigenvalue weighted by Gasteiger charge is 2.23. The molecule has 0 aliphatic rings. The van der Waals surface area contributed by atoms with E-state index in [1.165, 1.54) is 49.5 Å². The molecule has 3 aromatic rings. The van der Waals surface area contributed by atoms with Gasteiger partial charge in [0.25, 0.3) is 15.9 Å². The summed E-state index contributed by atoms with van der Waals surface area (Å²) in [7, 11) is -2.54. The Morgan fingerprint density at radius 2 is 1.70 bits per heavy atom. The van der Waals surface area contributed by atoms with Gasteiger partial charge >= 0.3 is 0 Å². The third kappa shape index (κ3) is 4.36. The van der Waals surface area contributed by atoms with Gasteiger partial charge < -0.3 is 5.32 Å². The fourth-order valence-electron chi connectivity index (χ4n) is 3.13. The summed E-state index contributed by atoms with van der Waals surface area (Å²) in [6, 6.07) is 16.8. The van der Waals surface area contributed by atoms with Crippen molar-refractivity contribution in [3.63, 3.8) is 0 Å². The number of sulfonamides is 1. The summed E-state index contributed by atoms with van der Waals surface area (Å²) < 4.78 is 40.2. The Balaban J connectivity index is 1.90. The van der Waals surface area contributed by atoms with E-state index in [0.29, 0.717) is 5.69 Å². The Hall–Kier alpha value is -3.19. The first-order valence-corrected chi connectivity index (χ1v) is 10.9. The molecule has 0 saturated heterocycles. The van der Waals surface area contributed by atoms with Crippen molar-refractivity contribution in [2.75, 3.05) is 16.7 Å². The summed E-state index contributed by atoms with van der Waals surface area (Å²) in [6.45, 7) is 3.91. The average Bonchev–Trinajstić information content (AvgIpc) is 2.75. The maximum absolute atomic E-state index is 13.2. The molecule has 1 N–H and O–H groups in total. The van der Waals surface area contributed by atoms with Crippen LogP contribution >= 0.6 is 0 Å². The molecule has 0 bridgehead atoms. The summed E-state index contributed by atoms with van der Waals surface area (Å²) in [4.78, 5) is 12.8. The molecule has 0 heterocycles. The lowest BCUT2D eigenvalue weighted by Gasteiger charge is -2.20. The quantitative estimate of drug-likeness (QED) is 0.617. The fourth-order valence-corrected chi connectivity index (χ4v) is 4.38. The summed E-state index contributed by atoms with van der Waals surface area (Å²) in [5.41, 5.74) is 3.22. The van der Waals surface area contributed by atoms with Crippen LogP contribution in [0, 0.1) is 12.7 Å². The number of rotatable bonds is 6. The van der Waals surface area contributed by atoms with Crippen LogP contribution in [0.25, 0.3) is 0 Å². The minimum absolute atomic E-state index is 0.0255. The Kier molecular flexibility index (Phi) is 6.22.